The minimum absolute atomic E-state index is 0.153. The van der Waals surface area contributed by atoms with Crippen LogP contribution in [0.1, 0.15) is 38.5 Å². The highest BCUT2D eigenvalue weighted by Gasteiger charge is 2.43. The summed E-state index contributed by atoms with van der Waals surface area (Å²) in [5, 5.41) is 3.16. The average Bonchev–Trinajstić information content (AvgIpc) is 2.29. The largest absolute Gasteiger partial charge is 0.391 e. The molecule has 1 saturated carbocycles. The van der Waals surface area contributed by atoms with E-state index in [2.05, 4.69) is 11.9 Å². The Morgan fingerprint density at radius 3 is 2.65 bits per heavy atom. The van der Waals surface area contributed by atoms with Gasteiger partial charge in [0.05, 0.1) is 5.92 Å². The van der Waals surface area contributed by atoms with Crippen molar-refractivity contribution in [3.63, 3.8) is 0 Å². The highest BCUT2D eigenvalue weighted by Crippen LogP contribution is 2.41. The van der Waals surface area contributed by atoms with Crippen LogP contribution in [0.15, 0.2) is 12.7 Å². The average molecular weight is 249 g/mol. The summed E-state index contributed by atoms with van der Waals surface area (Å²) in [6.07, 6.45) is 1.75. The molecule has 0 amide bonds. The van der Waals surface area contributed by atoms with Gasteiger partial charge in [0.15, 0.2) is 0 Å². The SMILES string of the molecule is C=CCCC(NC)C1CCCC(C(F)(F)F)C1. The molecule has 3 unspecified atom stereocenters. The summed E-state index contributed by atoms with van der Waals surface area (Å²) in [6, 6.07) is 0.193. The van der Waals surface area contributed by atoms with Crippen LogP contribution in [0.25, 0.3) is 0 Å². The van der Waals surface area contributed by atoms with Crippen LogP contribution < -0.4 is 5.32 Å². The molecule has 0 aromatic carbocycles. The summed E-state index contributed by atoms with van der Waals surface area (Å²) in [6.45, 7) is 3.66. The number of halogens is 3. The Morgan fingerprint density at radius 1 is 1.41 bits per heavy atom. The van der Waals surface area contributed by atoms with E-state index in [4.69, 9.17) is 0 Å². The van der Waals surface area contributed by atoms with E-state index in [-0.39, 0.29) is 18.4 Å². The number of allylic oxidation sites excluding steroid dienone is 1. The molecule has 0 spiro atoms. The Morgan fingerprint density at radius 2 is 2.12 bits per heavy atom. The Balaban J connectivity index is 2.54. The van der Waals surface area contributed by atoms with Gasteiger partial charge in [-0.1, -0.05) is 12.5 Å². The van der Waals surface area contributed by atoms with Crippen LogP contribution in [-0.4, -0.2) is 19.3 Å². The molecule has 4 heteroatoms. The zero-order chi connectivity index (χ0) is 12.9. The van der Waals surface area contributed by atoms with E-state index in [1.54, 1.807) is 0 Å². The smallest absolute Gasteiger partial charge is 0.317 e. The lowest BCUT2D eigenvalue weighted by molar-refractivity contribution is -0.186. The van der Waals surface area contributed by atoms with Crippen molar-refractivity contribution in [1.29, 1.82) is 0 Å². The summed E-state index contributed by atoms with van der Waals surface area (Å²) in [5.74, 6) is -0.943. The molecule has 1 fully saturated rings. The number of hydrogen-bond acceptors (Lipinski definition) is 1. The maximum absolute atomic E-state index is 12.7. The maximum Gasteiger partial charge on any atom is 0.391 e. The molecule has 1 nitrogen and oxygen atoms in total. The summed E-state index contributed by atoms with van der Waals surface area (Å²) in [5.41, 5.74) is 0. The molecule has 1 aliphatic carbocycles. The predicted octanol–water partition coefficient (Wildman–Crippen LogP) is 3.91. The zero-order valence-electron chi connectivity index (χ0n) is 10.4. The fourth-order valence-electron chi connectivity index (χ4n) is 2.80. The molecule has 0 bridgehead atoms. The fourth-order valence-corrected chi connectivity index (χ4v) is 2.80. The second-order valence-corrected chi connectivity index (χ2v) is 4.93. The van der Waals surface area contributed by atoms with E-state index < -0.39 is 12.1 Å². The zero-order valence-corrected chi connectivity index (χ0v) is 10.4. The maximum atomic E-state index is 12.7. The molecule has 0 heterocycles. The van der Waals surface area contributed by atoms with Gasteiger partial charge in [-0.25, -0.2) is 0 Å². The first-order chi connectivity index (χ1) is 7.99. The van der Waals surface area contributed by atoms with Crippen LogP contribution in [0, 0.1) is 11.8 Å². The van der Waals surface area contributed by atoms with Crippen molar-refractivity contribution in [3.8, 4) is 0 Å². The molecule has 0 aliphatic heterocycles. The number of hydrogen-bond donors (Lipinski definition) is 1. The number of rotatable bonds is 5. The van der Waals surface area contributed by atoms with Crippen molar-refractivity contribution in [1.82, 2.24) is 5.32 Å². The molecular weight excluding hydrogens is 227 g/mol. The van der Waals surface area contributed by atoms with E-state index in [1.807, 2.05) is 13.1 Å². The van der Waals surface area contributed by atoms with Crippen molar-refractivity contribution in [2.75, 3.05) is 7.05 Å². The third-order valence-corrected chi connectivity index (χ3v) is 3.80. The molecule has 3 atom stereocenters. The number of alkyl halides is 3. The van der Waals surface area contributed by atoms with Gasteiger partial charge >= 0.3 is 6.18 Å². The Kier molecular flexibility index (Phi) is 5.50. The van der Waals surface area contributed by atoms with E-state index in [1.165, 1.54) is 0 Å². The van der Waals surface area contributed by atoms with E-state index >= 15 is 0 Å². The van der Waals surface area contributed by atoms with Crippen LogP contribution in [-0.2, 0) is 0 Å². The molecule has 1 N–H and O–H groups in total. The van der Waals surface area contributed by atoms with Gasteiger partial charge in [0, 0.05) is 6.04 Å². The second kappa shape index (κ2) is 6.43. The summed E-state index contributed by atoms with van der Waals surface area (Å²) < 4.78 is 38.1. The molecule has 0 radical (unpaired) electrons. The Labute approximate surface area is 101 Å². The Hall–Kier alpha value is -0.510. The van der Waals surface area contributed by atoms with E-state index in [0.29, 0.717) is 12.8 Å². The normalized spacial score (nSPS) is 27.8. The first-order valence-corrected chi connectivity index (χ1v) is 6.34. The molecule has 0 aromatic heterocycles. The lowest BCUT2D eigenvalue weighted by Gasteiger charge is -2.35. The van der Waals surface area contributed by atoms with Crippen LogP contribution in [0.4, 0.5) is 13.2 Å². The molecule has 17 heavy (non-hydrogen) atoms. The van der Waals surface area contributed by atoms with Crippen LogP contribution >= 0.6 is 0 Å². The minimum Gasteiger partial charge on any atom is -0.317 e. The summed E-state index contributed by atoms with van der Waals surface area (Å²) in [7, 11) is 1.84. The van der Waals surface area contributed by atoms with Crippen molar-refractivity contribution in [3.05, 3.63) is 12.7 Å². The lowest BCUT2D eigenvalue weighted by Crippen LogP contribution is -2.39. The molecule has 0 aromatic rings. The molecule has 1 aliphatic rings. The van der Waals surface area contributed by atoms with Crippen molar-refractivity contribution in [2.45, 2.75) is 50.7 Å². The van der Waals surface area contributed by atoms with Gasteiger partial charge in [0.1, 0.15) is 0 Å². The van der Waals surface area contributed by atoms with E-state index in [0.717, 1.165) is 19.3 Å². The molecule has 100 valence electrons. The monoisotopic (exact) mass is 249 g/mol. The number of nitrogens with one attached hydrogen (secondary N) is 1. The highest BCUT2D eigenvalue weighted by atomic mass is 19.4. The third-order valence-electron chi connectivity index (χ3n) is 3.80. The topological polar surface area (TPSA) is 12.0 Å². The van der Waals surface area contributed by atoms with Crippen LogP contribution in [0.2, 0.25) is 0 Å². The standard InChI is InChI=1S/C13H22F3N/c1-3-4-8-12(17-2)10-6-5-7-11(9-10)13(14,15)16/h3,10-12,17H,1,4-9H2,2H3. The molecule has 1 rings (SSSR count). The Bertz CT molecular complexity index is 237. The van der Waals surface area contributed by atoms with E-state index in [9.17, 15) is 13.2 Å². The second-order valence-electron chi connectivity index (χ2n) is 4.93. The fraction of sp³-hybridized carbons (Fsp3) is 0.846. The minimum atomic E-state index is -4.02. The lowest BCUT2D eigenvalue weighted by atomic mass is 9.76. The van der Waals surface area contributed by atoms with Gasteiger partial charge in [0.2, 0.25) is 0 Å². The van der Waals surface area contributed by atoms with Gasteiger partial charge in [-0.2, -0.15) is 13.2 Å². The van der Waals surface area contributed by atoms with Crippen molar-refractivity contribution >= 4 is 0 Å². The van der Waals surface area contributed by atoms with Gasteiger partial charge in [-0.3, -0.25) is 0 Å². The first kappa shape index (κ1) is 14.6. The van der Waals surface area contributed by atoms with Gasteiger partial charge in [0.25, 0.3) is 0 Å². The van der Waals surface area contributed by atoms with Crippen molar-refractivity contribution in [2.24, 2.45) is 11.8 Å². The first-order valence-electron chi connectivity index (χ1n) is 6.34. The third kappa shape index (κ3) is 4.34. The summed E-state index contributed by atoms with van der Waals surface area (Å²) >= 11 is 0. The highest BCUT2D eigenvalue weighted by molar-refractivity contribution is 4.85. The summed E-state index contributed by atoms with van der Waals surface area (Å²) in [4.78, 5) is 0. The quantitative estimate of drug-likeness (QED) is 0.728. The van der Waals surface area contributed by atoms with Crippen LogP contribution in [0.3, 0.4) is 0 Å². The van der Waals surface area contributed by atoms with Gasteiger partial charge in [-0.15, -0.1) is 6.58 Å². The van der Waals surface area contributed by atoms with Crippen molar-refractivity contribution < 1.29 is 13.2 Å². The molecular formula is C13H22F3N. The van der Waals surface area contributed by atoms with Gasteiger partial charge in [-0.05, 0) is 45.1 Å². The predicted molar refractivity (Wildman–Crippen MR) is 63.8 cm³/mol. The molecule has 0 saturated heterocycles. The van der Waals surface area contributed by atoms with Gasteiger partial charge < -0.3 is 5.32 Å². The van der Waals surface area contributed by atoms with Crippen LogP contribution in [0.5, 0.6) is 0 Å².